The van der Waals surface area contributed by atoms with Crippen molar-refractivity contribution in [3.05, 3.63) is 51.0 Å². The molecule has 0 bridgehead atoms. The Kier molecular flexibility index (Phi) is 5.17. The van der Waals surface area contributed by atoms with E-state index in [1.165, 1.54) is 17.7 Å². The maximum Gasteiger partial charge on any atom is 0.123 e. The summed E-state index contributed by atoms with van der Waals surface area (Å²) in [6.45, 7) is 4.02. The molecule has 0 aliphatic rings. The van der Waals surface area contributed by atoms with Crippen molar-refractivity contribution in [2.75, 3.05) is 0 Å². The van der Waals surface area contributed by atoms with Crippen molar-refractivity contribution in [2.24, 2.45) is 7.05 Å². The lowest BCUT2D eigenvalue weighted by atomic mass is 10.0. The molecule has 1 N–H and O–H groups in total. The number of rotatable bonds is 5. The zero-order valence-corrected chi connectivity index (χ0v) is 14.1. The highest BCUT2D eigenvalue weighted by molar-refractivity contribution is 9.10. The number of benzene rings is 1. The SMILES string of the molecule is Cc1nn(C)c(C)c1CCC(O)Cc1cc(F)ccc1Br. The molecule has 2 aromatic rings. The summed E-state index contributed by atoms with van der Waals surface area (Å²) in [5.41, 5.74) is 4.12. The standard InChI is InChI=1S/C16H20BrFN2O/c1-10-15(11(2)20(3)19-10)6-5-14(21)9-12-8-13(18)4-7-16(12)17/h4,7-8,14,21H,5-6,9H2,1-3H3. The molecular weight excluding hydrogens is 335 g/mol. The molecule has 0 saturated carbocycles. The minimum Gasteiger partial charge on any atom is -0.393 e. The van der Waals surface area contributed by atoms with E-state index in [0.29, 0.717) is 12.8 Å². The fourth-order valence-electron chi connectivity index (χ4n) is 2.55. The normalized spacial score (nSPS) is 12.7. The van der Waals surface area contributed by atoms with Gasteiger partial charge in [0.05, 0.1) is 11.8 Å². The zero-order chi connectivity index (χ0) is 15.6. The quantitative estimate of drug-likeness (QED) is 0.892. The van der Waals surface area contributed by atoms with Gasteiger partial charge in [-0.1, -0.05) is 15.9 Å². The molecule has 1 unspecified atom stereocenters. The van der Waals surface area contributed by atoms with Crippen LogP contribution in [0.4, 0.5) is 4.39 Å². The number of aliphatic hydroxyl groups is 1. The van der Waals surface area contributed by atoms with Crippen LogP contribution in [0.15, 0.2) is 22.7 Å². The first kappa shape index (κ1) is 16.2. The smallest absolute Gasteiger partial charge is 0.123 e. The summed E-state index contributed by atoms with van der Waals surface area (Å²) in [6, 6.07) is 4.54. The molecule has 0 fully saturated rings. The largest absolute Gasteiger partial charge is 0.393 e. The van der Waals surface area contributed by atoms with Crippen LogP contribution in [0.25, 0.3) is 0 Å². The summed E-state index contributed by atoms with van der Waals surface area (Å²) in [7, 11) is 1.92. The van der Waals surface area contributed by atoms with Crippen LogP contribution in [0.1, 0.15) is 28.9 Å². The van der Waals surface area contributed by atoms with Gasteiger partial charge in [0.2, 0.25) is 0 Å². The van der Waals surface area contributed by atoms with E-state index in [9.17, 15) is 9.50 Å². The minimum absolute atomic E-state index is 0.278. The van der Waals surface area contributed by atoms with E-state index in [0.717, 1.165) is 27.8 Å². The summed E-state index contributed by atoms with van der Waals surface area (Å²) in [4.78, 5) is 0. The molecule has 1 aromatic carbocycles. The van der Waals surface area contributed by atoms with Crippen molar-refractivity contribution >= 4 is 15.9 Å². The van der Waals surface area contributed by atoms with Gasteiger partial charge in [-0.15, -0.1) is 0 Å². The fourth-order valence-corrected chi connectivity index (χ4v) is 2.95. The monoisotopic (exact) mass is 354 g/mol. The number of aliphatic hydroxyl groups excluding tert-OH is 1. The van der Waals surface area contributed by atoms with Gasteiger partial charge >= 0.3 is 0 Å². The molecule has 0 amide bonds. The lowest BCUT2D eigenvalue weighted by molar-refractivity contribution is 0.165. The summed E-state index contributed by atoms with van der Waals surface area (Å²) in [5.74, 6) is -0.278. The number of hydrogen-bond donors (Lipinski definition) is 1. The highest BCUT2D eigenvalue weighted by Crippen LogP contribution is 2.21. The van der Waals surface area contributed by atoms with Gasteiger partial charge in [0.25, 0.3) is 0 Å². The zero-order valence-electron chi connectivity index (χ0n) is 12.5. The number of aromatic nitrogens is 2. The van der Waals surface area contributed by atoms with Crippen molar-refractivity contribution in [1.82, 2.24) is 9.78 Å². The first-order valence-corrected chi connectivity index (χ1v) is 7.79. The Labute approximate surface area is 132 Å². The molecule has 0 aliphatic carbocycles. The molecular formula is C16H20BrFN2O. The van der Waals surface area contributed by atoms with Gasteiger partial charge in [-0.2, -0.15) is 5.10 Å². The molecule has 0 radical (unpaired) electrons. The fraction of sp³-hybridized carbons (Fsp3) is 0.438. The van der Waals surface area contributed by atoms with Crippen molar-refractivity contribution < 1.29 is 9.50 Å². The molecule has 114 valence electrons. The van der Waals surface area contributed by atoms with Gasteiger partial charge in [0, 0.05) is 17.2 Å². The molecule has 21 heavy (non-hydrogen) atoms. The molecule has 1 aromatic heterocycles. The Morgan fingerprint density at radius 2 is 2.10 bits per heavy atom. The average Bonchev–Trinajstić information content (AvgIpc) is 2.66. The van der Waals surface area contributed by atoms with Gasteiger partial charge in [0.15, 0.2) is 0 Å². The Bertz CT molecular complexity index is 639. The third-order valence-corrected chi connectivity index (χ3v) is 4.62. The highest BCUT2D eigenvalue weighted by atomic mass is 79.9. The Balaban J connectivity index is 1.99. The van der Waals surface area contributed by atoms with Crippen LogP contribution in [0.2, 0.25) is 0 Å². The molecule has 0 saturated heterocycles. The number of nitrogens with zero attached hydrogens (tertiary/aromatic N) is 2. The lowest BCUT2D eigenvalue weighted by Crippen LogP contribution is -2.12. The highest BCUT2D eigenvalue weighted by Gasteiger charge is 2.13. The van der Waals surface area contributed by atoms with Crippen LogP contribution in [-0.4, -0.2) is 21.0 Å². The van der Waals surface area contributed by atoms with E-state index in [4.69, 9.17) is 0 Å². The van der Waals surface area contributed by atoms with Crippen LogP contribution in [0.5, 0.6) is 0 Å². The Hall–Kier alpha value is -1.20. The summed E-state index contributed by atoms with van der Waals surface area (Å²) in [5, 5.41) is 14.6. The van der Waals surface area contributed by atoms with Crippen molar-refractivity contribution in [3.63, 3.8) is 0 Å². The van der Waals surface area contributed by atoms with Crippen molar-refractivity contribution in [1.29, 1.82) is 0 Å². The Morgan fingerprint density at radius 1 is 1.38 bits per heavy atom. The number of aryl methyl sites for hydroxylation is 2. The van der Waals surface area contributed by atoms with Crippen LogP contribution in [0, 0.1) is 19.7 Å². The van der Waals surface area contributed by atoms with Gasteiger partial charge in [-0.25, -0.2) is 4.39 Å². The molecule has 3 nitrogen and oxygen atoms in total. The molecule has 1 atom stereocenters. The lowest BCUT2D eigenvalue weighted by Gasteiger charge is -2.12. The number of hydrogen-bond acceptors (Lipinski definition) is 2. The van der Waals surface area contributed by atoms with Gasteiger partial charge in [-0.05, 0) is 62.4 Å². The first-order valence-electron chi connectivity index (χ1n) is 6.99. The van der Waals surface area contributed by atoms with Crippen molar-refractivity contribution in [3.8, 4) is 0 Å². The summed E-state index contributed by atoms with van der Waals surface area (Å²) in [6.07, 6.45) is 1.36. The van der Waals surface area contributed by atoms with Gasteiger partial charge < -0.3 is 5.11 Å². The predicted octanol–water partition coefficient (Wildman–Crippen LogP) is 3.47. The third-order valence-electron chi connectivity index (χ3n) is 3.85. The molecule has 5 heteroatoms. The third kappa shape index (κ3) is 3.92. The van der Waals surface area contributed by atoms with Crippen molar-refractivity contribution in [2.45, 2.75) is 39.2 Å². The first-order chi connectivity index (χ1) is 9.88. The molecule has 0 aliphatic heterocycles. The van der Waals surface area contributed by atoms with E-state index in [-0.39, 0.29) is 5.82 Å². The maximum atomic E-state index is 13.2. The minimum atomic E-state index is -0.498. The Morgan fingerprint density at radius 3 is 2.71 bits per heavy atom. The summed E-state index contributed by atoms with van der Waals surface area (Å²) < 4.78 is 15.9. The van der Waals surface area contributed by atoms with Gasteiger partial charge in [-0.3, -0.25) is 4.68 Å². The van der Waals surface area contributed by atoms with E-state index in [1.807, 2.05) is 25.6 Å². The topological polar surface area (TPSA) is 38.0 Å². The van der Waals surface area contributed by atoms with Crippen LogP contribution < -0.4 is 0 Å². The average molecular weight is 355 g/mol. The van der Waals surface area contributed by atoms with Crippen LogP contribution in [0.3, 0.4) is 0 Å². The molecule has 0 spiro atoms. The van der Waals surface area contributed by atoms with E-state index < -0.39 is 6.10 Å². The second-order valence-corrected chi connectivity index (χ2v) is 6.26. The maximum absolute atomic E-state index is 13.2. The predicted molar refractivity (Wildman–Crippen MR) is 84.8 cm³/mol. The number of halogens is 2. The molecule has 2 rings (SSSR count). The van der Waals surface area contributed by atoms with E-state index >= 15 is 0 Å². The second-order valence-electron chi connectivity index (χ2n) is 5.41. The van der Waals surface area contributed by atoms with Gasteiger partial charge in [0.1, 0.15) is 5.82 Å². The van der Waals surface area contributed by atoms with Crippen LogP contribution in [-0.2, 0) is 19.9 Å². The summed E-state index contributed by atoms with van der Waals surface area (Å²) >= 11 is 3.39. The van der Waals surface area contributed by atoms with E-state index in [2.05, 4.69) is 21.0 Å². The second kappa shape index (κ2) is 6.71. The molecule has 1 heterocycles. The van der Waals surface area contributed by atoms with E-state index in [1.54, 1.807) is 6.07 Å². The van der Waals surface area contributed by atoms with Crippen LogP contribution >= 0.6 is 15.9 Å².